The topological polar surface area (TPSA) is 23.5 Å². The molecule has 2 aromatic carbocycles. The molecule has 25 heavy (non-hydrogen) atoms. The number of hydrogen-bond acceptors (Lipinski definition) is 2. The third kappa shape index (κ3) is 2.58. The van der Waals surface area contributed by atoms with E-state index in [0.29, 0.717) is 11.8 Å². The minimum Gasteiger partial charge on any atom is -0.508 e. The second kappa shape index (κ2) is 5.88. The van der Waals surface area contributed by atoms with Gasteiger partial charge in [0.25, 0.3) is 0 Å². The first kappa shape index (κ1) is 16.7. The average Bonchev–Trinajstić information content (AvgIpc) is 2.58. The number of piperidine rings is 1. The lowest BCUT2D eigenvalue weighted by Crippen LogP contribution is -2.63. The number of nitrogens with zero attached hydrogens (tertiary/aromatic N) is 1. The minimum atomic E-state index is 0.183. The van der Waals surface area contributed by atoms with E-state index in [9.17, 15) is 5.11 Å². The molecule has 1 aliphatic heterocycles. The monoisotopic (exact) mass is 335 g/mol. The summed E-state index contributed by atoms with van der Waals surface area (Å²) in [6.07, 6.45) is 3.33. The fourth-order valence-electron chi connectivity index (χ4n) is 5.22. The first-order valence-corrected chi connectivity index (χ1v) is 9.52. The van der Waals surface area contributed by atoms with Gasteiger partial charge in [0.15, 0.2) is 0 Å². The number of fused-ring (bicyclic) bond motifs is 4. The van der Waals surface area contributed by atoms with Crippen molar-refractivity contribution in [2.24, 2.45) is 5.41 Å². The molecule has 0 aromatic heterocycles. The quantitative estimate of drug-likeness (QED) is 0.889. The highest BCUT2D eigenvalue weighted by Crippen LogP contribution is 2.56. The van der Waals surface area contributed by atoms with E-state index >= 15 is 0 Å². The van der Waals surface area contributed by atoms with Crippen LogP contribution in [0.15, 0.2) is 48.5 Å². The van der Waals surface area contributed by atoms with Crippen molar-refractivity contribution in [2.75, 3.05) is 13.1 Å². The molecule has 2 nitrogen and oxygen atoms in total. The van der Waals surface area contributed by atoms with Crippen molar-refractivity contribution in [1.82, 2.24) is 4.90 Å². The van der Waals surface area contributed by atoms with Crippen LogP contribution in [-0.2, 0) is 18.3 Å². The Bertz CT molecular complexity index is 767. The van der Waals surface area contributed by atoms with E-state index in [1.165, 1.54) is 23.1 Å². The molecule has 1 N–H and O–H groups in total. The van der Waals surface area contributed by atoms with Crippen LogP contribution in [0.4, 0.5) is 0 Å². The predicted octanol–water partition coefficient (Wildman–Crippen LogP) is 4.55. The largest absolute Gasteiger partial charge is 0.508 e. The maximum atomic E-state index is 9.97. The molecular weight excluding hydrogens is 306 g/mol. The normalized spacial score (nSPS) is 27.7. The summed E-state index contributed by atoms with van der Waals surface area (Å²) in [5.41, 5.74) is 4.63. The van der Waals surface area contributed by atoms with E-state index in [4.69, 9.17) is 0 Å². The summed E-state index contributed by atoms with van der Waals surface area (Å²) < 4.78 is 0. The molecule has 0 radical (unpaired) electrons. The summed E-state index contributed by atoms with van der Waals surface area (Å²) in [4.78, 5) is 2.70. The molecule has 4 rings (SSSR count). The van der Waals surface area contributed by atoms with Crippen molar-refractivity contribution >= 4 is 0 Å². The molecule has 2 aromatic rings. The highest BCUT2D eigenvalue weighted by atomic mass is 16.3. The van der Waals surface area contributed by atoms with Crippen molar-refractivity contribution in [3.63, 3.8) is 0 Å². The Kier molecular flexibility index (Phi) is 3.92. The number of rotatable bonds is 3. The molecular formula is C23H29NO. The molecule has 2 atom stereocenters. The van der Waals surface area contributed by atoms with Crippen LogP contribution in [0.2, 0.25) is 0 Å². The fraction of sp³-hybridized carbons (Fsp3) is 0.478. The van der Waals surface area contributed by atoms with E-state index in [-0.39, 0.29) is 10.8 Å². The van der Waals surface area contributed by atoms with Gasteiger partial charge in [-0.3, -0.25) is 4.90 Å². The van der Waals surface area contributed by atoms with Crippen LogP contribution < -0.4 is 0 Å². The zero-order valence-electron chi connectivity index (χ0n) is 15.6. The molecule has 0 saturated carbocycles. The second-order valence-corrected chi connectivity index (χ2v) is 8.64. The third-order valence-electron chi connectivity index (χ3n) is 7.22. The average molecular weight is 335 g/mol. The molecule has 0 spiro atoms. The van der Waals surface area contributed by atoms with Gasteiger partial charge in [0.05, 0.1) is 0 Å². The lowest BCUT2D eigenvalue weighted by Gasteiger charge is -2.61. The minimum absolute atomic E-state index is 0.183. The second-order valence-electron chi connectivity index (χ2n) is 8.64. The maximum Gasteiger partial charge on any atom is 0.115 e. The molecule has 2 bridgehead atoms. The van der Waals surface area contributed by atoms with Crippen LogP contribution in [0.25, 0.3) is 0 Å². The number of aromatic hydroxyl groups is 1. The van der Waals surface area contributed by atoms with E-state index in [1.807, 2.05) is 12.1 Å². The third-order valence-corrected chi connectivity index (χ3v) is 7.22. The van der Waals surface area contributed by atoms with Crippen molar-refractivity contribution in [3.8, 4) is 5.75 Å². The van der Waals surface area contributed by atoms with Gasteiger partial charge in [0.1, 0.15) is 5.75 Å². The van der Waals surface area contributed by atoms with Crippen LogP contribution in [0, 0.1) is 5.41 Å². The van der Waals surface area contributed by atoms with Crippen LogP contribution in [0.3, 0.4) is 0 Å². The molecule has 1 saturated heterocycles. The van der Waals surface area contributed by atoms with Crippen LogP contribution in [-0.4, -0.2) is 29.1 Å². The van der Waals surface area contributed by atoms with Gasteiger partial charge in [0.2, 0.25) is 0 Å². The van der Waals surface area contributed by atoms with Crippen molar-refractivity contribution in [1.29, 1.82) is 0 Å². The first-order valence-electron chi connectivity index (χ1n) is 9.52. The Balaban J connectivity index is 1.63. The molecule has 1 heterocycles. The number of phenols is 1. The number of benzene rings is 2. The van der Waals surface area contributed by atoms with E-state index < -0.39 is 0 Å². The van der Waals surface area contributed by atoms with Crippen LogP contribution >= 0.6 is 0 Å². The zero-order chi connectivity index (χ0) is 17.7. The van der Waals surface area contributed by atoms with Gasteiger partial charge in [-0.2, -0.15) is 0 Å². The Hall–Kier alpha value is -1.80. The molecule has 1 unspecified atom stereocenters. The lowest BCUT2D eigenvalue weighted by molar-refractivity contribution is -0.0372. The summed E-state index contributed by atoms with van der Waals surface area (Å²) in [7, 11) is 0. The summed E-state index contributed by atoms with van der Waals surface area (Å²) in [6, 6.07) is 17.4. The van der Waals surface area contributed by atoms with Gasteiger partial charge in [-0.25, -0.2) is 0 Å². The molecule has 2 heteroatoms. The zero-order valence-corrected chi connectivity index (χ0v) is 15.6. The van der Waals surface area contributed by atoms with Gasteiger partial charge in [-0.15, -0.1) is 0 Å². The summed E-state index contributed by atoms with van der Waals surface area (Å²) in [6.45, 7) is 9.61. The Morgan fingerprint density at radius 2 is 1.84 bits per heavy atom. The summed E-state index contributed by atoms with van der Waals surface area (Å²) in [5, 5.41) is 9.97. The highest BCUT2D eigenvalue weighted by Gasteiger charge is 2.55. The lowest BCUT2D eigenvalue weighted by atomic mass is 9.51. The molecule has 1 fully saturated rings. The highest BCUT2D eigenvalue weighted by molar-refractivity contribution is 5.45. The Morgan fingerprint density at radius 3 is 2.60 bits per heavy atom. The number of hydrogen-bond donors (Lipinski definition) is 1. The standard InChI is InChI=1S/C23H29NO/c1-22(2)21-16-18-15-19(25)9-10-20(18)23(22,3)12-14-24(21)13-11-17-7-5-4-6-8-17/h4-10,15,21,25H,11-14,16H2,1-3H3/t21-,23?/m0/s1. The van der Waals surface area contributed by atoms with Gasteiger partial charge >= 0.3 is 0 Å². The number of phenolic OH excluding ortho intramolecular Hbond substituents is 1. The summed E-state index contributed by atoms with van der Waals surface area (Å²) in [5.74, 6) is 0.399. The Morgan fingerprint density at radius 1 is 1.08 bits per heavy atom. The molecule has 2 aliphatic rings. The van der Waals surface area contributed by atoms with Gasteiger partial charge < -0.3 is 5.11 Å². The SMILES string of the molecule is CC12CCN(CCc3ccccc3)[C@@H](Cc3cc(O)ccc31)C2(C)C. The van der Waals surface area contributed by atoms with E-state index in [1.54, 1.807) is 0 Å². The summed E-state index contributed by atoms with van der Waals surface area (Å²) >= 11 is 0. The molecule has 0 amide bonds. The Labute approximate surface area is 151 Å². The number of likely N-dealkylation sites (tertiary alicyclic amines) is 1. The van der Waals surface area contributed by atoms with Crippen molar-refractivity contribution in [2.45, 2.75) is 51.5 Å². The molecule has 1 aliphatic carbocycles. The van der Waals surface area contributed by atoms with Crippen LogP contribution in [0.5, 0.6) is 5.75 Å². The predicted molar refractivity (Wildman–Crippen MR) is 103 cm³/mol. The molecule has 132 valence electrons. The van der Waals surface area contributed by atoms with Crippen molar-refractivity contribution < 1.29 is 5.11 Å². The van der Waals surface area contributed by atoms with Crippen molar-refractivity contribution in [3.05, 3.63) is 65.2 Å². The van der Waals surface area contributed by atoms with E-state index in [2.05, 4.69) is 62.1 Å². The first-order chi connectivity index (χ1) is 11.9. The maximum absolute atomic E-state index is 9.97. The smallest absolute Gasteiger partial charge is 0.115 e. The van der Waals surface area contributed by atoms with Crippen LogP contribution in [0.1, 0.15) is 43.9 Å². The fourth-order valence-corrected chi connectivity index (χ4v) is 5.22. The van der Waals surface area contributed by atoms with Gasteiger partial charge in [0, 0.05) is 18.0 Å². The van der Waals surface area contributed by atoms with Gasteiger partial charge in [-0.1, -0.05) is 57.2 Å². The van der Waals surface area contributed by atoms with Gasteiger partial charge in [-0.05, 0) is 60.0 Å². The van der Waals surface area contributed by atoms with E-state index in [0.717, 1.165) is 25.9 Å².